The van der Waals surface area contributed by atoms with Gasteiger partial charge in [0.15, 0.2) is 28.7 Å². The van der Waals surface area contributed by atoms with E-state index in [0.29, 0.717) is 0 Å². The van der Waals surface area contributed by atoms with Gasteiger partial charge < -0.3 is 65.0 Å². The molecule has 0 aliphatic carbocycles. The number of hydrogen-bond acceptors (Lipinski definition) is 15. The number of hydrogen-bond donors (Lipinski definition) is 10. The molecule has 1 aromatic heterocycles. The molecule has 5 atom stereocenters. The topological polar surface area (TPSA) is 268 Å². The highest BCUT2D eigenvalue weighted by molar-refractivity contribution is 5.91. The molecule has 15 heteroatoms. The van der Waals surface area contributed by atoms with Crippen LogP contribution in [0.5, 0.6) is 40.2 Å². The van der Waals surface area contributed by atoms with Gasteiger partial charge in [-0.1, -0.05) is 0 Å². The summed E-state index contributed by atoms with van der Waals surface area (Å²) in [5.41, 5.74) is -2.59. The number of phenolic OH excluding ortho intramolecular Hbond substituents is 7. The van der Waals surface area contributed by atoms with Crippen LogP contribution in [0, 0.1) is 0 Å². The summed E-state index contributed by atoms with van der Waals surface area (Å²) in [6.45, 7) is 0. The second-order valence-electron chi connectivity index (χ2n) is 9.38. The maximum atomic E-state index is 13.8. The van der Waals surface area contributed by atoms with Gasteiger partial charge in [0.1, 0.15) is 52.6 Å². The molecular weight excluding hydrogens is 564 g/mol. The Morgan fingerprint density at radius 1 is 0.738 bits per heavy atom. The number of phenols is 7. The lowest BCUT2D eigenvalue weighted by molar-refractivity contribution is -0.283. The van der Waals surface area contributed by atoms with E-state index in [-0.39, 0.29) is 11.1 Å². The molecule has 0 radical (unpaired) electrons. The highest BCUT2D eigenvalue weighted by Crippen LogP contribution is 2.42. The standard InChI is InChI=1S/C27H22O15/c28-10-6-13(31)17-16(7-10)40-24(8-1-2-11(29)12(30)3-8)18(20(17)35)25-22(37)21(36)23(38)27(41-25)42-26(39)9-4-14(32)19(34)15(33)5-9/h1-7,21-23,25,27-34,36-38H/t21-,22-,23+,25+,27+/m1/s1. The maximum Gasteiger partial charge on any atom is 0.340 e. The minimum absolute atomic E-state index is 0.0814. The number of aromatic hydroxyl groups is 7. The van der Waals surface area contributed by atoms with E-state index < -0.39 is 105 Å². The van der Waals surface area contributed by atoms with E-state index in [4.69, 9.17) is 13.9 Å². The lowest BCUT2D eigenvalue weighted by atomic mass is 9.90. The summed E-state index contributed by atoms with van der Waals surface area (Å²) in [6, 6.07) is 6.50. The summed E-state index contributed by atoms with van der Waals surface area (Å²) in [6.07, 6.45) is -10.3. The largest absolute Gasteiger partial charge is 0.508 e. The summed E-state index contributed by atoms with van der Waals surface area (Å²) >= 11 is 0. The van der Waals surface area contributed by atoms with E-state index in [2.05, 4.69) is 0 Å². The van der Waals surface area contributed by atoms with Crippen LogP contribution in [-0.4, -0.2) is 81.6 Å². The number of aliphatic hydroxyl groups is 3. The fraction of sp³-hybridized carbons (Fsp3) is 0.185. The van der Waals surface area contributed by atoms with E-state index in [1.54, 1.807) is 0 Å². The molecule has 1 aliphatic rings. The average molecular weight is 586 g/mol. The van der Waals surface area contributed by atoms with E-state index in [1.165, 1.54) is 6.07 Å². The first-order valence-corrected chi connectivity index (χ1v) is 12.0. The van der Waals surface area contributed by atoms with Gasteiger partial charge in [0.2, 0.25) is 11.7 Å². The van der Waals surface area contributed by atoms with Crippen molar-refractivity contribution < 1.29 is 69.8 Å². The molecule has 1 fully saturated rings. The molecule has 10 N–H and O–H groups in total. The summed E-state index contributed by atoms with van der Waals surface area (Å²) in [5.74, 6) is -6.87. The highest BCUT2D eigenvalue weighted by Gasteiger charge is 2.48. The van der Waals surface area contributed by atoms with E-state index in [1.807, 2.05) is 0 Å². The van der Waals surface area contributed by atoms with Crippen LogP contribution in [0.3, 0.4) is 0 Å². The molecule has 1 aliphatic heterocycles. The van der Waals surface area contributed by atoms with E-state index in [9.17, 15) is 60.7 Å². The number of esters is 1. The number of carbonyl (C=O) groups is 1. The summed E-state index contributed by atoms with van der Waals surface area (Å²) < 4.78 is 16.4. The van der Waals surface area contributed by atoms with E-state index >= 15 is 0 Å². The smallest absolute Gasteiger partial charge is 0.340 e. The van der Waals surface area contributed by atoms with Crippen LogP contribution >= 0.6 is 0 Å². The van der Waals surface area contributed by atoms with Gasteiger partial charge in [0.25, 0.3) is 0 Å². The normalized spacial score (nSPS) is 22.2. The highest BCUT2D eigenvalue weighted by atomic mass is 16.7. The van der Waals surface area contributed by atoms with Crippen molar-refractivity contribution in [3.8, 4) is 51.6 Å². The van der Waals surface area contributed by atoms with Crippen LogP contribution in [0.25, 0.3) is 22.3 Å². The fourth-order valence-corrected chi connectivity index (χ4v) is 4.52. The molecule has 15 nitrogen and oxygen atoms in total. The zero-order valence-corrected chi connectivity index (χ0v) is 20.9. The molecule has 3 aromatic carbocycles. The number of fused-ring (bicyclic) bond motifs is 1. The molecule has 0 unspecified atom stereocenters. The van der Waals surface area contributed by atoms with Gasteiger partial charge in [-0.15, -0.1) is 0 Å². The monoisotopic (exact) mass is 586 g/mol. The van der Waals surface area contributed by atoms with Crippen molar-refractivity contribution in [1.82, 2.24) is 0 Å². The Morgan fingerprint density at radius 3 is 2.05 bits per heavy atom. The first-order chi connectivity index (χ1) is 19.8. The molecule has 0 bridgehead atoms. The van der Waals surface area contributed by atoms with Crippen LogP contribution in [0.2, 0.25) is 0 Å². The predicted molar refractivity (Wildman–Crippen MR) is 137 cm³/mol. The van der Waals surface area contributed by atoms with Crippen molar-refractivity contribution in [2.24, 2.45) is 0 Å². The van der Waals surface area contributed by atoms with Crippen LogP contribution in [0.1, 0.15) is 22.0 Å². The SMILES string of the molecule is O=C(O[C@@H]1O[C@@H](c2c(-c3ccc(O)c(O)c3)oc3cc(O)cc(O)c3c2=O)[C@H](O)[C@@H](O)[C@@H]1O)c1cc(O)c(O)c(O)c1. The fourth-order valence-electron chi connectivity index (χ4n) is 4.52. The Kier molecular flexibility index (Phi) is 6.95. The summed E-state index contributed by atoms with van der Waals surface area (Å²) in [7, 11) is 0. The number of rotatable bonds is 4. The molecule has 1 saturated heterocycles. The molecule has 4 aromatic rings. The number of aliphatic hydroxyl groups excluding tert-OH is 3. The van der Waals surface area contributed by atoms with Crippen molar-refractivity contribution in [2.75, 3.05) is 0 Å². The minimum Gasteiger partial charge on any atom is -0.508 e. The molecule has 220 valence electrons. The first-order valence-electron chi connectivity index (χ1n) is 12.0. The second-order valence-corrected chi connectivity index (χ2v) is 9.38. The molecule has 0 saturated carbocycles. The van der Waals surface area contributed by atoms with Crippen LogP contribution in [0.4, 0.5) is 0 Å². The quantitative estimate of drug-likeness (QED) is 0.117. The second kappa shape index (κ2) is 10.3. The molecule has 2 heterocycles. The van der Waals surface area contributed by atoms with Gasteiger partial charge in [-0.2, -0.15) is 0 Å². The van der Waals surface area contributed by atoms with Gasteiger partial charge in [-0.3, -0.25) is 4.79 Å². The van der Waals surface area contributed by atoms with Gasteiger partial charge in [0, 0.05) is 17.7 Å². The third kappa shape index (κ3) is 4.71. The van der Waals surface area contributed by atoms with Gasteiger partial charge >= 0.3 is 5.97 Å². The first kappa shape index (κ1) is 28.3. The van der Waals surface area contributed by atoms with Crippen molar-refractivity contribution in [2.45, 2.75) is 30.7 Å². The molecule has 0 amide bonds. The van der Waals surface area contributed by atoms with Crippen LogP contribution < -0.4 is 5.43 Å². The maximum absolute atomic E-state index is 13.8. The Hall–Kier alpha value is -5.22. The van der Waals surface area contributed by atoms with Crippen LogP contribution in [-0.2, 0) is 9.47 Å². The molecule has 5 rings (SSSR count). The third-order valence-electron chi connectivity index (χ3n) is 6.61. The van der Waals surface area contributed by atoms with Crippen molar-refractivity contribution >= 4 is 16.9 Å². The van der Waals surface area contributed by atoms with Crippen molar-refractivity contribution in [1.29, 1.82) is 0 Å². The predicted octanol–water partition coefficient (Wildman–Crippen LogP) is 0.736. The van der Waals surface area contributed by atoms with Crippen molar-refractivity contribution in [3.63, 3.8) is 0 Å². The minimum atomic E-state index is -2.12. The summed E-state index contributed by atoms with van der Waals surface area (Å²) in [4.78, 5) is 26.5. The number of ether oxygens (including phenoxy) is 2. The number of carbonyl (C=O) groups excluding carboxylic acids is 1. The molecular formula is C27H22O15. The number of benzene rings is 3. The summed E-state index contributed by atoms with van der Waals surface area (Å²) in [5, 5.41) is 101. The lowest BCUT2D eigenvalue weighted by Gasteiger charge is -2.40. The lowest BCUT2D eigenvalue weighted by Crippen LogP contribution is -2.56. The molecule has 0 spiro atoms. The zero-order chi connectivity index (χ0) is 30.6. The Balaban J connectivity index is 1.64. The molecule has 42 heavy (non-hydrogen) atoms. The Labute approximate surface area is 233 Å². The average Bonchev–Trinajstić information content (AvgIpc) is 2.93. The van der Waals surface area contributed by atoms with Gasteiger partial charge in [-0.05, 0) is 30.3 Å². The zero-order valence-electron chi connectivity index (χ0n) is 20.9. The van der Waals surface area contributed by atoms with Crippen molar-refractivity contribution in [3.05, 3.63) is 63.8 Å². The van der Waals surface area contributed by atoms with Gasteiger partial charge in [0.05, 0.1) is 11.1 Å². The Bertz CT molecular complexity index is 1760. The Morgan fingerprint density at radius 2 is 1.40 bits per heavy atom. The van der Waals surface area contributed by atoms with Crippen LogP contribution in [0.15, 0.2) is 51.7 Å². The third-order valence-corrected chi connectivity index (χ3v) is 6.61. The van der Waals surface area contributed by atoms with Gasteiger partial charge in [-0.25, -0.2) is 4.79 Å². The van der Waals surface area contributed by atoms with E-state index in [0.717, 1.165) is 36.4 Å².